The van der Waals surface area contributed by atoms with Crippen molar-refractivity contribution in [2.75, 3.05) is 7.05 Å². The van der Waals surface area contributed by atoms with E-state index in [9.17, 15) is 13.2 Å². The third kappa shape index (κ3) is 3.31. The Kier molecular flexibility index (Phi) is 4.46. The molecule has 2 rings (SSSR count). The highest BCUT2D eigenvalue weighted by Gasteiger charge is 2.24. The molecule has 5 nitrogen and oxygen atoms in total. The summed E-state index contributed by atoms with van der Waals surface area (Å²) in [5, 5.41) is 10.2. The van der Waals surface area contributed by atoms with E-state index in [-0.39, 0.29) is 16.3 Å². The van der Waals surface area contributed by atoms with Crippen LogP contribution < -0.4 is 0 Å². The first-order chi connectivity index (χ1) is 9.82. The number of hydrogen-bond donors (Lipinski definition) is 1. The first kappa shape index (κ1) is 15.7. The lowest BCUT2D eigenvalue weighted by molar-refractivity contribution is 0.0697. The molecule has 1 aromatic heterocycles. The number of carboxylic acid groups (broad SMARTS) is 1. The lowest BCUT2D eigenvalue weighted by Gasteiger charge is -2.17. The Morgan fingerprint density at radius 3 is 2.57 bits per heavy atom. The van der Waals surface area contributed by atoms with Gasteiger partial charge < -0.3 is 5.11 Å². The van der Waals surface area contributed by atoms with Crippen LogP contribution in [-0.4, -0.2) is 30.8 Å². The van der Waals surface area contributed by atoms with E-state index >= 15 is 0 Å². The summed E-state index contributed by atoms with van der Waals surface area (Å²) in [4.78, 5) is 10.8. The van der Waals surface area contributed by atoms with E-state index in [2.05, 4.69) is 0 Å². The third-order valence-electron chi connectivity index (χ3n) is 3.14. The molecule has 0 fully saturated rings. The number of nitrogens with zero attached hydrogens (tertiary/aromatic N) is 1. The van der Waals surface area contributed by atoms with Crippen molar-refractivity contribution >= 4 is 27.3 Å². The van der Waals surface area contributed by atoms with E-state index in [1.54, 1.807) is 0 Å². The van der Waals surface area contributed by atoms with Gasteiger partial charge >= 0.3 is 5.97 Å². The highest BCUT2D eigenvalue weighted by Crippen LogP contribution is 2.24. The molecule has 0 aliphatic heterocycles. The van der Waals surface area contributed by atoms with Gasteiger partial charge in [-0.25, -0.2) is 13.2 Å². The first-order valence-corrected chi connectivity index (χ1v) is 8.47. The summed E-state index contributed by atoms with van der Waals surface area (Å²) < 4.78 is 26.1. The predicted octanol–water partition coefficient (Wildman–Crippen LogP) is 2.58. The Hall–Kier alpha value is -1.70. The Balaban J connectivity index is 2.26. The largest absolute Gasteiger partial charge is 0.478 e. The molecule has 1 aromatic carbocycles. The van der Waals surface area contributed by atoms with Gasteiger partial charge in [-0.1, -0.05) is 24.3 Å². The van der Waals surface area contributed by atoms with E-state index in [0.29, 0.717) is 0 Å². The number of hydrogen-bond acceptors (Lipinski definition) is 4. The minimum atomic E-state index is -3.68. The molecule has 0 unspecified atom stereocenters. The van der Waals surface area contributed by atoms with Crippen molar-refractivity contribution in [1.82, 2.24) is 4.31 Å². The van der Waals surface area contributed by atoms with E-state index in [0.717, 1.165) is 22.5 Å². The van der Waals surface area contributed by atoms with E-state index < -0.39 is 16.0 Å². The SMILES string of the molecule is Cc1ccccc1CN(C)S(=O)(=O)c1cc(C(=O)O)cs1. The Morgan fingerprint density at radius 1 is 1.33 bits per heavy atom. The fraction of sp³-hybridized carbons (Fsp3) is 0.214. The second kappa shape index (κ2) is 5.97. The molecule has 0 radical (unpaired) electrons. The van der Waals surface area contributed by atoms with Crippen LogP contribution in [-0.2, 0) is 16.6 Å². The van der Waals surface area contributed by atoms with Gasteiger partial charge in [0.15, 0.2) is 0 Å². The monoisotopic (exact) mass is 325 g/mol. The van der Waals surface area contributed by atoms with Crippen molar-refractivity contribution in [3.63, 3.8) is 0 Å². The van der Waals surface area contributed by atoms with Gasteiger partial charge in [0.25, 0.3) is 10.0 Å². The molecule has 0 aliphatic carbocycles. The average molecular weight is 325 g/mol. The van der Waals surface area contributed by atoms with Crippen LogP contribution in [0.2, 0.25) is 0 Å². The summed E-state index contributed by atoms with van der Waals surface area (Å²) in [6.45, 7) is 2.17. The molecular formula is C14H15NO4S2. The number of rotatable bonds is 5. The van der Waals surface area contributed by atoms with Crippen LogP contribution >= 0.6 is 11.3 Å². The molecule has 0 saturated carbocycles. The van der Waals surface area contributed by atoms with Crippen LogP contribution in [0.4, 0.5) is 0 Å². The number of benzene rings is 1. The number of aryl methyl sites for hydroxylation is 1. The fourth-order valence-corrected chi connectivity index (χ4v) is 4.34. The average Bonchev–Trinajstić information content (AvgIpc) is 2.91. The van der Waals surface area contributed by atoms with Crippen molar-refractivity contribution < 1.29 is 18.3 Å². The zero-order valence-corrected chi connectivity index (χ0v) is 13.2. The summed E-state index contributed by atoms with van der Waals surface area (Å²) in [6.07, 6.45) is 0. The number of sulfonamides is 1. The van der Waals surface area contributed by atoms with Crippen molar-refractivity contribution in [3.05, 3.63) is 52.4 Å². The lowest BCUT2D eigenvalue weighted by Crippen LogP contribution is -2.26. The second-order valence-corrected chi connectivity index (χ2v) is 7.83. The molecular weight excluding hydrogens is 310 g/mol. The standard InChI is InChI=1S/C14H15NO4S2/c1-10-5-3-4-6-11(10)8-15(2)21(18,19)13-7-12(9-20-13)14(16)17/h3-7,9H,8H2,1-2H3,(H,16,17). The summed E-state index contributed by atoms with van der Waals surface area (Å²) in [6, 6.07) is 8.74. The fourth-order valence-electron chi connectivity index (χ4n) is 1.83. The van der Waals surface area contributed by atoms with E-state index in [4.69, 9.17) is 5.11 Å². The van der Waals surface area contributed by atoms with E-state index in [1.165, 1.54) is 22.8 Å². The molecule has 21 heavy (non-hydrogen) atoms. The highest BCUT2D eigenvalue weighted by molar-refractivity contribution is 7.91. The number of carboxylic acids is 1. The van der Waals surface area contributed by atoms with Gasteiger partial charge in [0.05, 0.1) is 5.56 Å². The highest BCUT2D eigenvalue weighted by atomic mass is 32.2. The maximum Gasteiger partial charge on any atom is 0.336 e. The van der Waals surface area contributed by atoms with Gasteiger partial charge in [-0.2, -0.15) is 4.31 Å². The zero-order valence-electron chi connectivity index (χ0n) is 11.6. The maximum absolute atomic E-state index is 12.4. The molecule has 1 heterocycles. The van der Waals surface area contributed by atoms with Crippen LogP contribution in [0.5, 0.6) is 0 Å². The summed E-state index contributed by atoms with van der Waals surface area (Å²) in [7, 11) is -2.19. The Labute approximate surface area is 127 Å². The molecule has 7 heteroatoms. The molecule has 112 valence electrons. The molecule has 0 aliphatic rings. The smallest absolute Gasteiger partial charge is 0.336 e. The van der Waals surface area contributed by atoms with Gasteiger partial charge in [0, 0.05) is 19.0 Å². The topological polar surface area (TPSA) is 74.7 Å². The van der Waals surface area contributed by atoms with Gasteiger partial charge in [-0.05, 0) is 24.1 Å². The predicted molar refractivity (Wildman–Crippen MR) is 81.1 cm³/mol. The van der Waals surface area contributed by atoms with Gasteiger partial charge in [-0.3, -0.25) is 0 Å². The quantitative estimate of drug-likeness (QED) is 0.917. The molecule has 0 atom stereocenters. The van der Waals surface area contributed by atoms with Crippen LogP contribution in [0.1, 0.15) is 21.5 Å². The zero-order chi connectivity index (χ0) is 15.6. The van der Waals surface area contributed by atoms with Gasteiger partial charge in [-0.15, -0.1) is 11.3 Å². The van der Waals surface area contributed by atoms with Crippen LogP contribution in [0.3, 0.4) is 0 Å². The minimum absolute atomic E-state index is 0.0112. The first-order valence-electron chi connectivity index (χ1n) is 6.15. The minimum Gasteiger partial charge on any atom is -0.478 e. The van der Waals surface area contributed by atoms with Crippen LogP contribution in [0.25, 0.3) is 0 Å². The molecule has 0 amide bonds. The molecule has 1 N–H and O–H groups in total. The molecule has 2 aromatic rings. The Morgan fingerprint density at radius 2 is 2.00 bits per heavy atom. The van der Waals surface area contributed by atoms with Crippen molar-refractivity contribution in [2.24, 2.45) is 0 Å². The summed E-state index contributed by atoms with van der Waals surface area (Å²) >= 11 is 0.917. The van der Waals surface area contributed by atoms with Crippen molar-refractivity contribution in [1.29, 1.82) is 0 Å². The van der Waals surface area contributed by atoms with Crippen molar-refractivity contribution in [3.8, 4) is 0 Å². The molecule has 0 saturated heterocycles. The third-order valence-corrected chi connectivity index (χ3v) is 6.36. The molecule has 0 spiro atoms. The molecule has 0 bridgehead atoms. The lowest BCUT2D eigenvalue weighted by atomic mass is 10.1. The number of thiophene rings is 1. The maximum atomic E-state index is 12.4. The second-order valence-electron chi connectivity index (χ2n) is 4.65. The van der Waals surface area contributed by atoms with Crippen molar-refractivity contribution in [2.45, 2.75) is 17.7 Å². The van der Waals surface area contributed by atoms with Gasteiger partial charge in [0.1, 0.15) is 4.21 Å². The summed E-state index contributed by atoms with van der Waals surface area (Å²) in [5.74, 6) is -1.13. The van der Waals surface area contributed by atoms with Crippen LogP contribution in [0.15, 0.2) is 39.9 Å². The van der Waals surface area contributed by atoms with Gasteiger partial charge in [0.2, 0.25) is 0 Å². The summed E-state index contributed by atoms with van der Waals surface area (Å²) in [5.41, 5.74) is 1.92. The number of carbonyl (C=O) groups is 1. The van der Waals surface area contributed by atoms with E-state index in [1.807, 2.05) is 31.2 Å². The van der Waals surface area contributed by atoms with Crippen LogP contribution in [0, 0.1) is 6.92 Å². The normalized spacial score (nSPS) is 11.8. The Bertz CT molecular complexity index is 765. The number of aromatic carboxylic acids is 1.